The van der Waals surface area contributed by atoms with Gasteiger partial charge < -0.3 is 5.73 Å². The Kier molecular flexibility index (Phi) is 4.20. The van der Waals surface area contributed by atoms with Crippen molar-refractivity contribution in [3.63, 3.8) is 0 Å². The maximum atomic E-state index is 12.4. The van der Waals surface area contributed by atoms with Gasteiger partial charge in [-0.1, -0.05) is 0 Å². The van der Waals surface area contributed by atoms with Crippen LogP contribution in [0.3, 0.4) is 0 Å². The molecule has 1 aliphatic rings. The largest absolute Gasteiger partial charge is 0.330 e. The molecule has 1 aromatic rings. The van der Waals surface area contributed by atoms with E-state index in [0.29, 0.717) is 31.1 Å². The van der Waals surface area contributed by atoms with E-state index in [2.05, 4.69) is 0 Å². The fourth-order valence-corrected chi connectivity index (χ4v) is 3.71. The van der Waals surface area contributed by atoms with Gasteiger partial charge in [-0.15, -0.1) is 0 Å². The monoisotopic (exact) mass is 279 g/mol. The van der Waals surface area contributed by atoms with Gasteiger partial charge in [0.25, 0.3) is 0 Å². The van der Waals surface area contributed by atoms with Crippen molar-refractivity contribution in [2.75, 3.05) is 19.6 Å². The number of sulfonamides is 1. The van der Waals surface area contributed by atoms with Crippen LogP contribution in [0.4, 0.5) is 0 Å². The number of nitrogens with two attached hydrogens (primary N) is 1. The summed E-state index contributed by atoms with van der Waals surface area (Å²) >= 11 is 0. The molecule has 1 heterocycles. The smallest absolute Gasteiger partial charge is 0.243 e. The zero-order valence-electron chi connectivity index (χ0n) is 10.6. The maximum absolute atomic E-state index is 12.4. The van der Waals surface area contributed by atoms with Crippen molar-refractivity contribution in [2.24, 2.45) is 11.7 Å². The molecule has 0 spiro atoms. The number of benzene rings is 1. The number of nitriles is 1. The molecule has 2 N–H and O–H groups in total. The van der Waals surface area contributed by atoms with Gasteiger partial charge in [0, 0.05) is 13.1 Å². The molecule has 1 aromatic carbocycles. The summed E-state index contributed by atoms with van der Waals surface area (Å²) in [5.41, 5.74) is 6.06. The van der Waals surface area contributed by atoms with Crippen LogP contribution in [0.5, 0.6) is 0 Å². The number of piperidine rings is 1. The summed E-state index contributed by atoms with van der Waals surface area (Å²) < 4.78 is 26.3. The van der Waals surface area contributed by atoms with Gasteiger partial charge in [-0.25, -0.2) is 8.42 Å². The van der Waals surface area contributed by atoms with E-state index in [0.717, 1.165) is 12.8 Å². The normalized spacial score (nSPS) is 18.1. The van der Waals surface area contributed by atoms with Gasteiger partial charge in [-0.3, -0.25) is 0 Å². The molecule has 0 amide bonds. The van der Waals surface area contributed by atoms with Crippen molar-refractivity contribution in [3.8, 4) is 6.07 Å². The van der Waals surface area contributed by atoms with Crippen molar-refractivity contribution in [1.82, 2.24) is 4.31 Å². The average Bonchev–Trinajstić information content (AvgIpc) is 2.47. The Morgan fingerprint density at radius 1 is 1.26 bits per heavy atom. The van der Waals surface area contributed by atoms with E-state index >= 15 is 0 Å². The van der Waals surface area contributed by atoms with Crippen LogP contribution in [-0.4, -0.2) is 32.4 Å². The Labute approximate surface area is 113 Å². The molecule has 2 rings (SSSR count). The molecule has 102 valence electrons. The minimum atomic E-state index is -3.44. The van der Waals surface area contributed by atoms with Crippen molar-refractivity contribution < 1.29 is 8.42 Å². The summed E-state index contributed by atoms with van der Waals surface area (Å²) in [6, 6.07) is 8.01. The first-order chi connectivity index (χ1) is 9.07. The second kappa shape index (κ2) is 5.70. The van der Waals surface area contributed by atoms with Gasteiger partial charge in [-0.2, -0.15) is 9.57 Å². The number of hydrogen-bond donors (Lipinski definition) is 1. The highest BCUT2D eigenvalue weighted by atomic mass is 32.2. The second-order valence-corrected chi connectivity index (χ2v) is 6.66. The van der Waals surface area contributed by atoms with E-state index in [1.165, 1.54) is 28.6 Å². The molecular weight excluding hydrogens is 262 g/mol. The fraction of sp³-hybridized carbons (Fsp3) is 0.462. The summed E-state index contributed by atoms with van der Waals surface area (Å²) in [6.07, 6.45) is 1.62. The molecular formula is C13H17N3O2S. The van der Waals surface area contributed by atoms with Crippen LogP contribution in [0.25, 0.3) is 0 Å². The molecule has 1 aliphatic heterocycles. The topological polar surface area (TPSA) is 87.2 Å². The Balaban J connectivity index is 2.16. The van der Waals surface area contributed by atoms with Crippen LogP contribution in [0.1, 0.15) is 18.4 Å². The standard InChI is InChI=1S/C13H17N3O2S/c14-9-11-1-3-13(4-2-11)19(17,18)16-7-5-12(10-15)6-8-16/h1-4,12H,5-8,10,15H2. The summed E-state index contributed by atoms with van der Waals surface area (Å²) in [7, 11) is -3.44. The van der Waals surface area contributed by atoms with Crippen LogP contribution in [-0.2, 0) is 10.0 Å². The summed E-state index contributed by atoms with van der Waals surface area (Å²) in [6.45, 7) is 1.65. The highest BCUT2D eigenvalue weighted by Crippen LogP contribution is 2.23. The second-order valence-electron chi connectivity index (χ2n) is 4.72. The minimum Gasteiger partial charge on any atom is -0.330 e. The SMILES string of the molecule is N#Cc1ccc(S(=O)(=O)N2CCC(CN)CC2)cc1. The molecule has 0 aromatic heterocycles. The molecule has 5 nitrogen and oxygen atoms in total. The number of rotatable bonds is 3. The third kappa shape index (κ3) is 2.95. The molecule has 0 radical (unpaired) electrons. The summed E-state index contributed by atoms with van der Waals surface area (Å²) in [5, 5.41) is 8.71. The van der Waals surface area contributed by atoms with Crippen molar-refractivity contribution >= 4 is 10.0 Å². The lowest BCUT2D eigenvalue weighted by atomic mass is 9.99. The molecule has 19 heavy (non-hydrogen) atoms. The van der Waals surface area contributed by atoms with Gasteiger partial charge in [0.05, 0.1) is 16.5 Å². The van der Waals surface area contributed by atoms with Gasteiger partial charge in [0.15, 0.2) is 0 Å². The van der Waals surface area contributed by atoms with E-state index < -0.39 is 10.0 Å². The Morgan fingerprint density at radius 2 is 1.84 bits per heavy atom. The lowest BCUT2D eigenvalue weighted by Gasteiger charge is -2.30. The molecule has 6 heteroatoms. The Bertz CT molecular complexity index is 567. The average molecular weight is 279 g/mol. The van der Waals surface area contributed by atoms with Crippen LogP contribution < -0.4 is 5.73 Å². The lowest BCUT2D eigenvalue weighted by Crippen LogP contribution is -2.39. The first-order valence-corrected chi connectivity index (χ1v) is 7.72. The molecule has 0 saturated carbocycles. The number of hydrogen-bond acceptors (Lipinski definition) is 4. The van der Waals surface area contributed by atoms with Crippen molar-refractivity contribution in [1.29, 1.82) is 5.26 Å². The zero-order chi connectivity index (χ0) is 13.9. The van der Waals surface area contributed by atoms with Crippen LogP contribution in [0.2, 0.25) is 0 Å². The minimum absolute atomic E-state index is 0.248. The van der Waals surface area contributed by atoms with Crippen LogP contribution >= 0.6 is 0 Å². The number of nitrogens with zero attached hydrogens (tertiary/aromatic N) is 2. The predicted octanol–water partition coefficient (Wildman–Crippen LogP) is 0.918. The molecule has 0 aliphatic carbocycles. The van der Waals surface area contributed by atoms with E-state index in [4.69, 9.17) is 11.0 Å². The Hall–Kier alpha value is -1.42. The van der Waals surface area contributed by atoms with Gasteiger partial charge in [-0.05, 0) is 49.6 Å². The van der Waals surface area contributed by atoms with Gasteiger partial charge in [0.1, 0.15) is 0 Å². The third-order valence-corrected chi connectivity index (χ3v) is 5.44. The molecule has 0 bridgehead atoms. The summed E-state index contributed by atoms with van der Waals surface area (Å²) in [4.78, 5) is 0.248. The van der Waals surface area contributed by atoms with Gasteiger partial charge >= 0.3 is 0 Å². The Morgan fingerprint density at radius 3 is 2.32 bits per heavy atom. The molecule has 1 saturated heterocycles. The van der Waals surface area contributed by atoms with Crippen molar-refractivity contribution in [2.45, 2.75) is 17.7 Å². The highest BCUT2D eigenvalue weighted by Gasteiger charge is 2.28. The van der Waals surface area contributed by atoms with Crippen molar-refractivity contribution in [3.05, 3.63) is 29.8 Å². The molecule has 0 atom stereocenters. The molecule has 1 fully saturated rings. The van der Waals surface area contributed by atoms with Gasteiger partial charge in [0.2, 0.25) is 10.0 Å². The first kappa shape index (κ1) is 14.0. The third-order valence-electron chi connectivity index (χ3n) is 3.53. The van der Waals surface area contributed by atoms with E-state index in [-0.39, 0.29) is 4.90 Å². The quantitative estimate of drug-likeness (QED) is 0.891. The highest BCUT2D eigenvalue weighted by molar-refractivity contribution is 7.89. The molecule has 0 unspecified atom stereocenters. The first-order valence-electron chi connectivity index (χ1n) is 6.28. The van der Waals surface area contributed by atoms with Crippen LogP contribution in [0, 0.1) is 17.2 Å². The van der Waals surface area contributed by atoms with E-state index in [9.17, 15) is 8.42 Å². The summed E-state index contributed by atoms with van der Waals surface area (Å²) in [5.74, 6) is 0.424. The fourth-order valence-electron chi connectivity index (χ4n) is 2.24. The maximum Gasteiger partial charge on any atom is 0.243 e. The van der Waals surface area contributed by atoms with E-state index in [1.54, 1.807) is 0 Å². The van der Waals surface area contributed by atoms with E-state index in [1.807, 2.05) is 6.07 Å². The lowest BCUT2D eigenvalue weighted by molar-refractivity contribution is 0.278. The predicted molar refractivity (Wildman–Crippen MR) is 71.7 cm³/mol. The zero-order valence-corrected chi connectivity index (χ0v) is 11.4. The van der Waals surface area contributed by atoms with Crippen LogP contribution in [0.15, 0.2) is 29.2 Å².